The topological polar surface area (TPSA) is 73.9 Å². The summed E-state index contributed by atoms with van der Waals surface area (Å²) in [6, 6.07) is 12.9. The molecule has 1 aliphatic rings. The van der Waals surface area contributed by atoms with Gasteiger partial charge in [-0.15, -0.1) is 0 Å². The Hall–Kier alpha value is -3.02. The maximum Gasteiger partial charge on any atom is 0.341 e. The average Bonchev–Trinajstić information content (AvgIpc) is 2.83. The summed E-state index contributed by atoms with van der Waals surface area (Å²) in [5.41, 5.74) is 1.26. The smallest absolute Gasteiger partial charge is 0.341 e. The number of ether oxygens (including phenoxy) is 3. The second kappa shape index (κ2) is 11.0. The summed E-state index contributed by atoms with van der Waals surface area (Å²) in [5.74, 6) is 0.712. The van der Waals surface area contributed by atoms with Crippen LogP contribution in [-0.2, 0) is 14.9 Å². The zero-order valence-corrected chi connectivity index (χ0v) is 19.2. The lowest BCUT2D eigenvalue weighted by Gasteiger charge is -2.36. The van der Waals surface area contributed by atoms with E-state index in [1.54, 1.807) is 32.2 Å². The summed E-state index contributed by atoms with van der Waals surface area (Å²) in [4.78, 5) is 26.1. The van der Waals surface area contributed by atoms with Gasteiger partial charge in [0.15, 0.2) is 0 Å². The molecule has 3 rings (SSSR count). The highest BCUT2D eigenvalue weighted by atomic mass is 16.5. The molecule has 2 aromatic rings. The summed E-state index contributed by atoms with van der Waals surface area (Å²) >= 11 is 0. The third-order valence-corrected chi connectivity index (χ3v) is 5.98. The first-order valence-corrected chi connectivity index (χ1v) is 11.4. The minimum atomic E-state index is -0.605. The molecule has 2 aromatic carbocycles. The van der Waals surface area contributed by atoms with Crippen molar-refractivity contribution in [3.8, 4) is 11.5 Å². The second-order valence-electron chi connectivity index (χ2n) is 8.11. The number of rotatable bonds is 9. The third-order valence-electron chi connectivity index (χ3n) is 5.98. The van der Waals surface area contributed by atoms with Crippen LogP contribution in [0, 0.1) is 0 Å². The van der Waals surface area contributed by atoms with Crippen molar-refractivity contribution in [1.29, 1.82) is 0 Å². The van der Waals surface area contributed by atoms with Gasteiger partial charge in [0.05, 0.1) is 25.7 Å². The van der Waals surface area contributed by atoms with Crippen molar-refractivity contribution >= 4 is 17.6 Å². The van der Waals surface area contributed by atoms with Gasteiger partial charge in [-0.25, -0.2) is 4.79 Å². The van der Waals surface area contributed by atoms with E-state index in [-0.39, 0.29) is 12.5 Å². The molecule has 1 fully saturated rings. The molecule has 0 spiro atoms. The van der Waals surface area contributed by atoms with Crippen LogP contribution in [0.2, 0.25) is 0 Å². The SMILES string of the molecule is CCCOc1ccc(NC(=O)C2(c3ccc(OC)cc3)CCCCC2)cc1C(=O)OCC. The van der Waals surface area contributed by atoms with E-state index in [4.69, 9.17) is 14.2 Å². The van der Waals surface area contributed by atoms with E-state index in [1.807, 2.05) is 31.2 Å². The van der Waals surface area contributed by atoms with Crippen molar-refractivity contribution in [2.24, 2.45) is 0 Å². The molecule has 32 heavy (non-hydrogen) atoms. The molecule has 1 amide bonds. The lowest BCUT2D eigenvalue weighted by Crippen LogP contribution is -2.42. The minimum Gasteiger partial charge on any atom is -0.497 e. The first kappa shape index (κ1) is 23.6. The van der Waals surface area contributed by atoms with Crippen LogP contribution in [-0.4, -0.2) is 32.2 Å². The highest BCUT2D eigenvalue weighted by Crippen LogP contribution is 2.41. The van der Waals surface area contributed by atoms with Gasteiger partial charge in [-0.05, 0) is 62.1 Å². The standard InChI is InChI=1S/C26H33NO5/c1-4-17-32-23-14-11-20(18-22(23)24(28)31-5-2)27-25(29)26(15-7-6-8-16-26)19-9-12-21(30-3)13-10-19/h9-14,18H,4-8,15-17H2,1-3H3,(H,27,29). The number of nitrogens with one attached hydrogen (secondary N) is 1. The van der Waals surface area contributed by atoms with Gasteiger partial charge in [0.2, 0.25) is 5.91 Å². The van der Waals surface area contributed by atoms with Crippen LogP contribution in [0.1, 0.15) is 68.3 Å². The van der Waals surface area contributed by atoms with Gasteiger partial charge in [0, 0.05) is 5.69 Å². The molecule has 6 heteroatoms. The molecule has 1 saturated carbocycles. The highest BCUT2D eigenvalue weighted by molar-refractivity contribution is 6.01. The van der Waals surface area contributed by atoms with E-state index >= 15 is 0 Å². The number of carbonyl (C=O) groups excluding carboxylic acids is 2. The predicted octanol–water partition coefficient (Wildman–Crippen LogP) is 5.50. The molecular weight excluding hydrogens is 406 g/mol. The number of benzene rings is 2. The van der Waals surface area contributed by atoms with Crippen molar-refractivity contribution in [2.75, 3.05) is 25.6 Å². The van der Waals surface area contributed by atoms with Crippen molar-refractivity contribution in [3.05, 3.63) is 53.6 Å². The molecule has 0 radical (unpaired) electrons. The third kappa shape index (κ3) is 5.23. The average molecular weight is 440 g/mol. The van der Waals surface area contributed by atoms with Crippen molar-refractivity contribution in [3.63, 3.8) is 0 Å². The Morgan fingerprint density at radius 2 is 1.72 bits per heavy atom. The fourth-order valence-corrected chi connectivity index (χ4v) is 4.28. The Morgan fingerprint density at radius 3 is 2.34 bits per heavy atom. The fourth-order valence-electron chi connectivity index (χ4n) is 4.28. The molecule has 0 unspecified atom stereocenters. The highest BCUT2D eigenvalue weighted by Gasteiger charge is 2.41. The summed E-state index contributed by atoms with van der Waals surface area (Å²) in [6.45, 7) is 4.53. The Morgan fingerprint density at radius 1 is 1.00 bits per heavy atom. The molecule has 0 aliphatic heterocycles. The van der Waals surface area contributed by atoms with E-state index in [2.05, 4.69) is 5.32 Å². The zero-order valence-electron chi connectivity index (χ0n) is 19.2. The molecule has 1 N–H and O–H groups in total. The van der Waals surface area contributed by atoms with E-state index in [0.29, 0.717) is 23.6 Å². The van der Waals surface area contributed by atoms with Crippen LogP contribution >= 0.6 is 0 Å². The Bertz CT molecular complexity index is 916. The number of anilines is 1. The van der Waals surface area contributed by atoms with Gasteiger partial charge < -0.3 is 19.5 Å². The lowest BCUT2D eigenvalue weighted by molar-refractivity contribution is -0.122. The normalized spacial score (nSPS) is 15.0. The van der Waals surface area contributed by atoms with Gasteiger partial charge in [-0.2, -0.15) is 0 Å². The van der Waals surface area contributed by atoms with Crippen LogP contribution in [0.5, 0.6) is 11.5 Å². The lowest BCUT2D eigenvalue weighted by atomic mass is 9.68. The summed E-state index contributed by atoms with van der Waals surface area (Å²) in [6.07, 6.45) is 5.52. The number of carbonyl (C=O) groups is 2. The van der Waals surface area contributed by atoms with Gasteiger partial charge in [-0.1, -0.05) is 38.3 Å². The van der Waals surface area contributed by atoms with Crippen LogP contribution in [0.3, 0.4) is 0 Å². The molecule has 1 aliphatic carbocycles. The van der Waals surface area contributed by atoms with Crippen molar-refractivity contribution < 1.29 is 23.8 Å². The van der Waals surface area contributed by atoms with Gasteiger partial charge in [0.1, 0.15) is 17.1 Å². The van der Waals surface area contributed by atoms with Crippen LogP contribution in [0.25, 0.3) is 0 Å². The van der Waals surface area contributed by atoms with E-state index < -0.39 is 11.4 Å². The fraction of sp³-hybridized carbons (Fsp3) is 0.462. The number of methoxy groups -OCH3 is 1. The summed E-state index contributed by atoms with van der Waals surface area (Å²) < 4.78 is 16.2. The van der Waals surface area contributed by atoms with E-state index in [9.17, 15) is 9.59 Å². The van der Waals surface area contributed by atoms with Gasteiger partial charge in [-0.3, -0.25) is 4.79 Å². The van der Waals surface area contributed by atoms with Gasteiger partial charge >= 0.3 is 5.97 Å². The molecule has 6 nitrogen and oxygen atoms in total. The van der Waals surface area contributed by atoms with Crippen molar-refractivity contribution in [2.45, 2.75) is 57.8 Å². The Labute approximate surface area is 190 Å². The van der Waals surface area contributed by atoms with Crippen LogP contribution in [0.4, 0.5) is 5.69 Å². The molecule has 172 valence electrons. The largest absolute Gasteiger partial charge is 0.497 e. The monoisotopic (exact) mass is 439 g/mol. The second-order valence-corrected chi connectivity index (χ2v) is 8.11. The molecule has 0 aromatic heterocycles. The summed E-state index contributed by atoms with van der Waals surface area (Å²) in [5, 5.41) is 3.07. The quantitative estimate of drug-likeness (QED) is 0.522. The maximum absolute atomic E-state index is 13.6. The first-order valence-electron chi connectivity index (χ1n) is 11.4. The van der Waals surface area contributed by atoms with Crippen LogP contribution < -0.4 is 14.8 Å². The van der Waals surface area contributed by atoms with E-state index in [0.717, 1.165) is 49.8 Å². The molecule has 0 atom stereocenters. The van der Waals surface area contributed by atoms with E-state index in [1.165, 1.54) is 0 Å². The van der Waals surface area contributed by atoms with Crippen LogP contribution in [0.15, 0.2) is 42.5 Å². The molecule has 0 saturated heterocycles. The molecule has 0 bridgehead atoms. The number of amides is 1. The number of hydrogen-bond acceptors (Lipinski definition) is 5. The Balaban J connectivity index is 1.89. The molecular formula is C26H33NO5. The maximum atomic E-state index is 13.6. The first-order chi connectivity index (χ1) is 15.5. The predicted molar refractivity (Wildman–Crippen MR) is 125 cm³/mol. The number of hydrogen-bond donors (Lipinski definition) is 1. The van der Waals surface area contributed by atoms with Crippen molar-refractivity contribution in [1.82, 2.24) is 0 Å². The number of esters is 1. The zero-order chi connectivity index (χ0) is 23.0. The summed E-state index contributed by atoms with van der Waals surface area (Å²) in [7, 11) is 1.63. The minimum absolute atomic E-state index is 0.0561. The Kier molecular flexibility index (Phi) is 8.14. The van der Waals surface area contributed by atoms with Gasteiger partial charge in [0.25, 0.3) is 0 Å². The molecule has 0 heterocycles.